The summed E-state index contributed by atoms with van der Waals surface area (Å²) in [5.74, 6) is 0.726. The molecule has 20 heavy (non-hydrogen) atoms. The van der Waals surface area contributed by atoms with E-state index in [4.69, 9.17) is 0 Å². The fraction of sp³-hybridized carbons (Fsp3) is 0.600. The van der Waals surface area contributed by atoms with E-state index < -0.39 is 9.84 Å². The van der Waals surface area contributed by atoms with Crippen molar-refractivity contribution in [3.05, 3.63) is 24.3 Å². The van der Waals surface area contributed by atoms with Crippen LogP contribution in [0.3, 0.4) is 0 Å². The molecule has 5 heteroatoms. The summed E-state index contributed by atoms with van der Waals surface area (Å²) >= 11 is 0. The van der Waals surface area contributed by atoms with E-state index in [-0.39, 0.29) is 5.75 Å². The highest BCUT2D eigenvalue weighted by molar-refractivity contribution is 7.91. The molecule has 0 amide bonds. The Bertz CT molecular complexity index is 543. The first kappa shape index (κ1) is 15.3. The zero-order valence-electron chi connectivity index (χ0n) is 12.3. The van der Waals surface area contributed by atoms with Crippen molar-refractivity contribution in [1.29, 1.82) is 0 Å². The summed E-state index contributed by atoms with van der Waals surface area (Å²) in [7, 11) is -1.02. The Morgan fingerprint density at radius 1 is 1.35 bits per heavy atom. The number of hydrogen-bond donors (Lipinski definition) is 1. The molecule has 0 aromatic heterocycles. The van der Waals surface area contributed by atoms with E-state index in [0.717, 1.165) is 25.3 Å². The Balaban J connectivity index is 2.06. The number of nitrogens with one attached hydrogen (secondary N) is 1. The average molecular weight is 296 g/mol. The Morgan fingerprint density at radius 3 is 2.80 bits per heavy atom. The van der Waals surface area contributed by atoms with Crippen LogP contribution in [0.25, 0.3) is 0 Å². The normalized spacial score (nSPS) is 20.8. The summed E-state index contributed by atoms with van der Waals surface area (Å²) in [5, 5.41) is 3.34. The zero-order valence-corrected chi connectivity index (χ0v) is 13.1. The predicted octanol–water partition coefficient (Wildman–Crippen LogP) is 2.23. The number of likely N-dealkylation sites (tertiary alicyclic amines) is 1. The number of sulfone groups is 1. The lowest BCUT2D eigenvalue weighted by Gasteiger charge is -2.30. The van der Waals surface area contributed by atoms with Crippen LogP contribution < -0.4 is 5.32 Å². The first-order chi connectivity index (χ1) is 9.53. The summed E-state index contributed by atoms with van der Waals surface area (Å²) < 4.78 is 24.2. The van der Waals surface area contributed by atoms with Gasteiger partial charge in [0.15, 0.2) is 9.84 Å². The third-order valence-corrected chi connectivity index (χ3v) is 5.69. The average Bonchev–Trinajstić information content (AvgIpc) is 2.45. The molecule has 1 heterocycles. The fourth-order valence-corrected chi connectivity index (χ4v) is 3.81. The lowest BCUT2D eigenvalue weighted by molar-refractivity contribution is 0.217. The quantitative estimate of drug-likeness (QED) is 0.905. The molecule has 4 nitrogen and oxygen atoms in total. The molecule has 1 atom stereocenters. The molecule has 0 radical (unpaired) electrons. The first-order valence-electron chi connectivity index (χ1n) is 7.27. The van der Waals surface area contributed by atoms with Crippen molar-refractivity contribution < 1.29 is 8.42 Å². The van der Waals surface area contributed by atoms with Gasteiger partial charge in [-0.1, -0.05) is 19.1 Å². The Kier molecular flexibility index (Phi) is 5.05. The summed E-state index contributed by atoms with van der Waals surface area (Å²) in [6.45, 7) is 4.76. The van der Waals surface area contributed by atoms with Crippen LogP contribution in [0.15, 0.2) is 29.2 Å². The van der Waals surface area contributed by atoms with E-state index >= 15 is 0 Å². The third kappa shape index (κ3) is 3.73. The first-order valence-corrected chi connectivity index (χ1v) is 8.92. The Labute approximate surface area is 122 Å². The van der Waals surface area contributed by atoms with E-state index in [2.05, 4.69) is 17.3 Å². The van der Waals surface area contributed by atoms with Crippen molar-refractivity contribution in [1.82, 2.24) is 4.90 Å². The number of piperidine rings is 1. The highest BCUT2D eigenvalue weighted by Gasteiger charge is 2.19. The fourth-order valence-electron chi connectivity index (χ4n) is 2.73. The molecule has 1 aliphatic heterocycles. The van der Waals surface area contributed by atoms with Crippen LogP contribution in [0, 0.1) is 5.92 Å². The van der Waals surface area contributed by atoms with Gasteiger partial charge in [0.25, 0.3) is 0 Å². The standard InChI is InChI=1S/C15H24N2O2S/c1-3-20(18,19)15-9-5-4-8-14(15)16-11-13-7-6-10-17(2)12-13/h4-5,8-9,13,16H,3,6-7,10-12H2,1-2H3. The van der Waals surface area contributed by atoms with Crippen LogP contribution in [0.1, 0.15) is 19.8 Å². The van der Waals surface area contributed by atoms with Gasteiger partial charge in [0, 0.05) is 13.1 Å². The van der Waals surface area contributed by atoms with Gasteiger partial charge in [-0.05, 0) is 44.5 Å². The van der Waals surface area contributed by atoms with Gasteiger partial charge in [-0.2, -0.15) is 0 Å². The molecule has 1 aromatic carbocycles. The van der Waals surface area contributed by atoms with Crippen LogP contribution in [0.4, 0.5) is 5.69 Å². The topological polar surface area (TPSA) is 49.4 Å². The lowest BCUT2D eigenvalue weighted by Crippen LogP contribution is -2.35. The van der Waals surface area contributed by atoms with Gasteiger partial charge < -0.3 is 10.2 Å². The predicted molar refractivity (Wildman–Crippen MR) is 82.9 cm³/mol. The van der Waals surface area contributed by atoms with Crippen LogP contribution in [-0.4, -0.2) is 45.8 Å². The maximum absolute atomic E-state index is 12.1. The van der Waals surface area contributed by atoms with Gasteiger partial charge in [0.1, 0.15) is 0 Å². The highest BCUT2D eigenvalue weighted by atomic mass is 32.2. The van der Waals surface area contributed by atoms with Crippen molar-refractivity contribution >= 4 is 15.5 Å². The second-order valence-electron chi connectivity index (χ2n) is 5.55. The number of anilines is 1. The van der Waals surface area contributed by atoms with Crippen LogP contribution >= 0.6 is 0 Å². The molecule has 1 N–H and O–H groups in total. The number of rotatable bonds is 5. The van der Waals surface area contributed by atoms with Crippen LogP contribution in [0.2, 0.25) is 0 Å². The molecular formula is C15H24N2O2S. The Morgan fingerprint density at radius 2 is 2.10 bits per heavy atom. The molecule has 1 unspecified atom stereocenters. The van der Waals surface area contributed by atoms with Gasteiger partial charge in [-0.15, -0.1) is 0 Å². The maximum atomic E-state index is 12.1. The SMILES string of the molecule is CCS(=O)(=O)c1ccccc1NCC1CCCN(C)C1. The van der Waals surface area contributed by atoms with Gasteiger partial charge in [-0.25, -0.2) is 8.42 Å². The van der Waals surface area contributed by atoms with Crippen molar-refractivity contribution in [2.45, 2.75) is 24.7 Å². The minimum atomic E-state index is -3.17. The van der Waals surface area contributed by atoms with Gasteiger partial charge in [0.05, 0.1) is 16.3 Å². The summed E-state index contributed by atoms with van der Waals surface area (Å²) in [6.07, 6.45) is 2.43. The van der Waals surface area contributed by atoms with Crippen molar-refractivity contribution in [2.24, 2.45) is 5.92 Å². The minimum absolute atomic E-state index is 0.137. The molecule has 0 spiro atoms. The maximum Gasteiger partial charge on any atom is 0.180 e. The molecule has 112 valence electrons. The number of hydrogen-bond acceptors (Lipinski definition) is 4. The van der Waals surface area contributed by atoms with Gasteiger partial charge in [0.2, 0.25) is 0 Å². The molecule has 2 rings (SSSR count). The minimum Gasteiger partial charge on any atom is -0.384 e. The van der Waals surface area contributed by atoms with E-state index in [0.29, 0.717) is 10.8 Å². The van der Waals surface area contributed by atoms with Crippen molar-refractivity contribution in [2.75, 3.05) is 37.8 Å². The second-order valence-corrected chi connectivity index (χ2v) is 7.80. The molecule has 1 saturated heterocycles. The molecule has 1 fully saturated rings. The summed E-state index contributed by atoms with van der Waals surface area (Å²) in [4.78, 5) is 2.76. The van der Waals surface area contributed by atoms with Crippen LogP contribution in [-0.2, 0) is 9.84 Å². The molecule has 0 saturated carbocycles. The largest absolute Gasteiger partial charge is 0.384 e. The molecule has 1 aliphatic rings. The van der Waals surface area contributed by atoms with Gasteiger partial charge in [-0.3, -0.25) is 0 Å². The summed E-state index contributed by atoms with van der Waals surface area (Å²) in [6, 6.07) is 7.20. The highest BCUT2D eigenvalue weighted by Crippen LogP contribution is 2.23. The van der Waals surface area contributed by atoms with E-state index in [1.807, 2.05) is 12.1 Å². The van der Waals surface area contributed by atoms with E-state index in [1.165, 1.54) is 12.8 Å². The van der Waals surface area contributed by atoms with Crippen molar-refractivity contribution in [3.8, 4) is 0 Å². The number of benzene rings is 1. The second kappa shape index (κ2) is 6.59. The van der Waals surface area contributed by atoms with E-state index in [9.17, 15) is 8.42 Å². The number of nitrogens with zero attached hydrogens (tertiary/aromatic N) is 1. The number of para-hydroxylation sites is 1. The van der Waals surface area contributed by atoms with Crippen LogP contribution in [0.5, 0.6) is 0 Å². The Hall–Kier alpha value is -1.07. The van der Waals surface area contributed by atoms with E-state index in [1.54, 1.807) is 19.1 Å². The molecule has 0 aliphatic carbocycles. The zero-order chi connectivity index (χ0) is 14.6. The molecule has 1 aromatic rings. The van der Waals surface area contributed by atoms with Crippen molar-refractivity contribution in [3.63, 3.8) is 0 Å². The van der Waals surface area contributed by atoms with Gasteiger partial charge >= 0.3 is 0 Å². The molecular weight excluding hydrogens is 272 g/mol. The monoisotopic (exact) mass is 296 g/mol. The third-order valence-electron chi connectivity index (χ3n) is 3.91. The molecule has 0 bridgehead atoms. The lowest BCUT2D eigenvalue weighted by atomic mass is 9.98. The smallest absolute Gasteiger partial charge is 0.180 e. The summed E-state index contributed by atoms with van der Waals surface area (Å²) in [5.41, 5.74) is 0.738.